The number of pyridine rings is 1. The summed E-state index contributed by atoms with van der Waals surface area (Å²) in [4.78, 5) is 84.3. The van der Waals surface area contributed by atoms with E-state index in [9.17, 15) is 39.0 Å². The summed E-state index contributed by atoms with van der Waals surface area (Å²) in [6.45, 7) is 2.13. The molecule has 2 aromatic carbocycles. The van der Waals surface area contributed by atoms with Crippen LogP contribution < -0.4 is 15.0 Å². The Labute approximate surface area is 275 Å². The molecule has 2 aliphatic rings. The minimum absolute atomic E-state index is 0.127. The Morgan fingerprint density at radius 2 is 1.65 bits per heavy atom. The third-order valence-electron chi connectivity index (χ3n) is 8.16. The van der Waals surface area contributed by atoms with Gasteiger partial charge in [0.1, 0.15) is 23.5 Å². The smallest absolute Gasteiger partial charge is 0.409 e. The third-order valence-corrected chi connectivity index (χ3v) is 8.16. The van der Waals surface area contributed by atoms with Crippen molar-refractivity contribution in [2.45, 2.75) is 38.3 Å². The number of aromatic nitrogens is 1. The number of hydrogen-bond donors (Lipinski definition) is 3. The van der Waals surface area contributed by atoms with E-state index in [2.05, 4.69) is 10.3 Å². The van der Waals surface area contributed by atoms with E-state index >= 15 is 0 Å². The number of carboxylic acid groups (broad SMARTS) is 2. The first-order valence-corrected chi connectivity index (χ1v) is 15.5. The number of ether oxygens (including phenoxy) is 2. The van der Waals surface area contributed by atoms with Gasteiger partial charge in [0.05, 0.1) is 12.1 Å². The molecule has 1 saturated heterocycles. The molecule has 2 aliphatic heterocycles. The molecule has 48 heavy (non-hydrogen) atoms. The zero-order valence-corrected chi connectivity index (χ0v) is 26.2. The lowest BCUT2D eigenvalue weighted by Gasteiger charge is -2.35. The number of rotatable bonds is 11. The molecule has 0 saturated carbocycles. The summed E-state index contributed by atoms with van der Waals surface area (Å²) in [7, 11) is 0. The average molecular weight is 662 g/mol. The van der Waals surface area contributed by atoms with Crippen LogP contribution in [0.2, 0.25) is 0 Å². The third kappa shape index (κ3) is 7.45. The largest absolute Gasteiger partial charge is 0.483 e. The van der Waals surface area contributed by atoms with Crippen molar-refractivity contribution in [3.8, 4) is 5.75 Å². The summed E-state index contributed by atoms with van der Waals surface area (Å²) in [5, 5.41) is 22.2. The molecular formula is C33H35N5O10. The minimum Gasteiger partial charge on any atom is -0.483 e. The SMILES string of the molecule is CCOC(=O)N1CCN(C(=O)C(CCC(=O)O)NC(=O)c2cc(OCC(=O)N3c4ccccc4CC3C(=O)O)c3ccccc3n2)CC1. The molecular weight excluding hydrogens is 626 g/mol. The number of amides is 4. The van der Waals surface area contributed by atoms with Crippen molar-refractivity contribution >= 4 is 52.3 Å². The van der Waals surface area contributed by atoms with E-state index in [0.717, 1.165) is 5.56 Å². The van der Waals surface area contributed by atoms with Crippen molar-refractivity contribution in [1.29, 1.82) is 0 Å². The first-order chi connectivity index (χ1) is 23.1. The molecule has 4 amide bonds. The normalized spacial score (nSPS) is 16.2. The lowest BCUT2D eigenvalue weighted by Crippen LogP contribution is -2.56. The fraction of sp³-hybridized carbons (Fsp3) is 0.364. The highest BCUT2D eigenvalue weighted by molar-refractivity contribution is 6.03. The van der Waals surface area contributed by atoms with Crippen LogP contribution in [0, 0.1) is 0 Å². The number of para-hydroxylation sites is 2. The topological polar surface area (TPSA) is 196 Å². The number of carbonyl (C=O) groups excluding carboxylic acids is 4. The van der Waals surface area contributed by atoms with Crippen molar-refractivity contribution in [2.24, 2.45) is 0 Å². The van der Waals surface area contributed by atoms with Crippen LogP contribution in [0.4, 0.5) is 10.5 Å². The van der Waals surface area contributed by atoms with E-state index in [1.807, 2.05) is 0 Å². The highest BCUT2D eigenvalue weighted by Gasteiger charge is 2.38. The summed E-state index contributed by atoms with van der Waals surface area (Å²) in [6, 6.07) is 12.7. The number of nitrogens with one attached hydrogen (secondary N) is 1. The van der Waals surface area contributed by atoms with Crippen molar-refractivity contribution in [3.63, 3.8) is 0 Å². The lowest BCUT2D eigenvalue weighted by molar-refractivity contribution is -0.140. The summed E-state index contributed by atoms with van der Waals surface area (Å²) >= 11 is 0. The van der Waals surface area contributed by atoms with Gasteiger partial charge in [-0.15, -0.1) is 0 Å². The molecule has 252 valence electrons. The highest BCUT2D eigenvalue weighted by atomic mass is 16.6. The molecule has 3 heterocycles. The molecule has 0 spiro atoms. The maximum absolute atomic E-state index is 13.5. The van der Waals surface area contributed by atoms with Crippen molar-refractivity contribution in [3.05, 3.63) is 65.9 Å². The number of aliphatic carboxylic acids is 2. The molecule has 2 atom stereocenters. The Morgan fingerprint density at radius 1 is 0.958 bits per heavy atom. The van der Waals surface area contributed by atoms with E-state index < -0.39 is 60.9 Å². The van der Waals surface area contributed by atoms with Crippen LogP contribution in [0.1, 0.15) is 35.8 Å². The predicted octanol–water partition coefficient (Wildman–Crippen LogP) is 1.92. The van der Waals surface area contributed by atoms with Crippen LogP contribution in [0.25, 0.3) is 10.9 Å². The second-order valence-corrected chi connectivity index (χ2v) is 11.2. The molecule has 0 aliphatic carbocycles. The van der Waals surface area contributed by atoms with E-state index in [0.29, 0.717) is 16.6 Å². The van der Waals surface area contributed by atoms with E-state index in [1.54, 1.807) is 55.5 Å². The number of fused-ring (bicyclic) bond motifs is 2. The zero-order chi connectivity index (χ0) is 34.4. The number of nitrogens with zero attached hydrogens (tertiary/aromatic N) is 4. The fourth-order valence-electron chi connectivity index (χ4n) is 5.78. The Balaban J connectivity index is 1.33. The van der Waals surface area contributed by atoms with Gasteiger partial charge in [0.15, 0.2) is 6.61 Å². The summed E-state index contributed by atoms with van der Waals surface area (Å²) < 4.78 is 10.9. The van der Waals surface area contributed by atoms with Gasteiger partial charge in [-0.2, -0.15) is 0 Å². The van der Waals surface area contributed by atoms with Crippen molar-refractivity contribution < 1.29 is 48.5 Å². The number of anilines is 1. The van der Waals surface area contributed by atoms with Gasteiger partial charge >= 0.3 is 18.0 Å². The second-order valence-electron chi connectivity index (χ2n) is 11.2. The molecule has 1 aromatic heterocycles. The molecule has 1 fully saturated rings. The number of hydrogen-bond acceptors (Lipinski definition) is 9. The molecule has 15 heteroatoms. The number of carbonyl (C=O) groups is 6. The van der Waals surface area contributed by atoms with Crippen LogP contribution in [0.5, 0.6) is 5.75 Å². The highest BCUT2D eigenvalue weighted by Crippen LogP contribution is 2.33. The van der Waals surface area contributed by atoms with Crippen molar-refractivity contribution in [1.82, 2.24) is 20.1 Å². The van der Waals surface area contributed by atoms with Gasteiger partial charge in [0.2, 0.25) is 5.91 Å². The molecule has 2 unspecified atom stereocenters. The van der Waals surface area contributed by atoms with E-state index in [-0.39, 0.29) is 57.1 Å². The number of carboxylic acids is 2. The quantitative estimate of drug-likeness (QED) is 0.272. The summed E-state index contributed by atoms with van der Waals surface area (Å²) in [6.07, 6.45) is -0.916. The standard InChI is InChI=1S/C33H35N5O10/c1-2-47-33(46)37-15-13-36(14-16-37)31(43)23(11-12-29(40)41)35-30(42)24-18-27(21-8-4-5-9-22(21)34-24)48-19-28(39)38-25-10-6-3-7-20(25)17-26(38)32(44)45/h3-10,18,23,26H,2,11-17,19H2,1H3,(H,35,42)(H,40,41)(H,44,45). The molecule has 15 nitrogen and oxygen atoms in total. The molecule has 3 N–H and O–H groups in total. The monoisotopic (exact) mass is 661 g/mol. The van der Waals surface area contributed by atoms with Crippen molar-refractivity contribution in [2.75, 3.05) is 44.3 Å². The Hall–Kier alpha value is -5.73. The van der Waals surface area contributed by atoms with E-state index in [4.69, 9.17) is 9.47 Å². The summed E-state index contributed by atoms with van der Waals surface area (Å²) in [5.74, 6) is -4.05. The molecule has 0 radical (unpaired) electrons. The Kier molecular flexibility index (Phi) is 10.4. The minimum atomic E-state index is -1.20. The number of piperazine rings is 1. The van der Waals surface area contributed by atoms with Gasteiger partial charge in [-0.1, -0.05) is 30.3 Å². The van der Waals surface area contributed by atoms with Crippen LogP contribution in [0.15, 0.2) is 54.6 Å². The Bertz CT molecular complexity index is 1740. The zero-order valence-electron chi connectivity index (χ0n) is 26.2. The molecule has 3 aromatic rings. The number of benzene rings is 2. The van der Waals surface area contributed by atoms with Crippen LogP contribution in [-0.2, 0) is 30.3 Å². The predicted molar refractivity (Wildman–Crippen MR) is 170 cm³/mol. The van der Waals surface area contributed by atoms with E-state index in [1.165, 1.54) is 20.8 Å². The second kappa shape index (κ2) is 14.8. The molecule has 0 bridgehead atoms. The lowest BCUT2D eigenvalue weighted by atomic mass is 10.1. The summed E-state index contributed by atoms with van der Waals surface area (Å²) in [5.41, 5.74) is 1.41. The first-order valence-electron chi connectivity index (χ1n) is 15.5. The van der Waals surface area contributed by atoms with Gasteiger partial charge < -0.3 is 34.8 Å². The van der Waals surface area contributed by atoms with Gasteiger partial charge in [-0.3, -0.25) is 24.1 Å². The maximum Gasteiger partial charge on any atom is 0.409 e. The van der Waals surface area contributed by atoms with Crippen LogP contribution in [0.3, 0.4) is 0 Å². The van der Waals surface area contributed by atoms with Gasteiger partial charge in [-0.25, -0.2) is 14.6 Å². The van der Waals surface area contributed by atoms with Crippen LogP contribution >= 0.6 is 0 Å². The van der Waals surface area contributed by atoms with Crippen LogP contribution in [-0.4, -0.2) is 112 Å². The van der Waals surface area contributed by atoms with Gasteiger partial charge in [0.25, 0.3) is 11.8 Å². The maximum atomic E-state index is 13.5. The Morgan fingerprint density at radius 3 is 2.35 bits per heavy atom. The first kappa shape index (κ1) is 33.6. The van der Waals surface area contributed by atoms with Gasteiger partial charge in [-0.05, 0) is 37.1 Å². The average Bonchev–Trinajstić information content (AvgIpc) is 3.49. The van der Waals surface area contributed by atoms with Gasteiger partial charge in [0, 0.05) is 56.2 Å². The fourth-order valence-corrected chi connectivity index (χ4v) is 5.78. The molecule has 5 rings (SSSR count).